The number of aromatic nitrogens is 1. The molecule has 0 atom stereocenters. The maximum absolute atomic E-state index is 12.9. The van der Waals surface area contributed by atoms with Gasteiger partial charge in [-0.25, -0.2) is 4.98 Å². The SMILES string of the molecule is O=C(Nc1c(Cl)cccc1Cl)c1cccc(F)n1. The van der Waals surface area contributed by atoms with E-state index in [1.54, 1.807) is 18.2 Å². The number of carbonyl (C=O) groups excluding carboxylic acids is 1. The molecular weight excluding hydrogens is 278 g/mol. The Morgan fingerprint density at radius 2 is 1.72 bits per heavy atom. The number of pyridine rings is 1. The molecule has 0 unspecified atom stereocenters. The first-order chi connectivity index (χ1) is 8.58. The molecule has 0 aliphatic carbocycles. The Balaban J connectivity index is 2.27. The Bertz CT molecular complexity index is 584. The highest BCUT2D eigenvalue weighted by Gasteiger charge is 2.12. The van der Waals surface area contributed by atoms with Gasteiger partial charge in [0, 0.05) is 0 Å². The number of hydrogen-bond donors (Lipinski definition) is 1. The molecule has 0 saturated heterocycles. The van der Waals surface area contributed by atoms with Crippen LogP contribution < -0.4 is 5.32 Å². The zero-order valence-corrected chi connectivity index (χ0v) is 10.5. The van der Waals surface area contributed by atoms with E-state index in [1.165, 1.54) is 12.1 Å². The van der Waals surface area contributed by atoms with Crippen molar-refractivity contribution in [3.05, 3.63) is 58.1 Å². The normalized spacial score (nSPS) is 10.2. The predicted octanol–water partition coefficient (Wildman–Crippen LogP) is 3.78. The van der Waals surface area contributed by atoms with Crippen LogP contribution >= 0.6 is 23.2 Å². The van der Waals surface area contributed by atoms with Crippen molar-refractivity contribution in [2.45, 2.75) is 0 Å². The Hall–Kier alpha value is -1.65. The van der Waals surface area contributed by atoms with Crippen LogP contribution in [-0.2, 0) is 0 Å². The van der Waals surface area contributed by atoms with Crippen LogP contribution in [0, 0.1) is 5.95 Å². The van der Waals surface area contributed by atoms with Gasteiger partial charge in [-0.3, -0.25) is 4.79 Å². The standard InChI is InChI=1S/C12H7Cl2FN2O/c13-7-3-1-4-8(14)11(7)17-12(18)9-5-2-6-10(15)16-9/h1-6H,(H,17,18). The van der Waals surface area contributed by atoms with E-state index < -0.39 is 11.9 Å². The first kappa shape index (κ1) is 12.8. The first-order valence-corrected chi connectivity index (χ1v) is 5.71. The second kappa shape index (κ2) is 5.33. The molecule has 0 aliphatic heterocycles. The predicted molar refractivity (Wildman–Crippen MR) is 68.6 cm³/mol. The van der Waals surface area contributed by atoms with E-state index in [2.05, 4.69) is 10.3 Å². The highest BCUT2D eigenvalue weighted by Crippen LogP contribution is 2.29. The first-order valence-electron chi connectivity index (χ1n) is 4.96. The molecule has 1 amide bonds. The number of anilines is 1. The lowest BCUT2D eigenvalue weighted by Gasteiger charge is -2.08. The lowest BCUT2D eigenvalue weighted by Crippen LogP contribution is -2.14. The number of benzene rings is 1. The molecule has 1 aromatic carbocycles. The number of carbonyl (C=O) groups is 1. The van der Waals surface area contributed by atoms with Crippen LogP contribution in [0.1, 0.15) is 10.5 Å². The summed E-state index contributed by atoms with van der Waals surface area (Å²) < 4.78 is 12.9. The Morgan fingerprint density at radius 1 is 1.11 bits per heavy atom. The summed E-state index contributed by atoms with van der Waals surface area (Å²) in [7, 11) is 0. The van der Waals surface area contributed by atoms with E-state index in [-0.39, 0.29) is 11.4 Å². The third kappa shape index (κ3) is 2.78. The largest absolute Gasteiger partial charge is 0.318 e. The zero-order chi connectivity index (χ0) is 13.1. The smallest absolute Gasteiger partial charge is 0.274 e. The van der Waals surface area contributed by atoms with Crippen LogP contribution in [0.3, 0.4) is 0 Å². The van der Waals surface area contributed by atoms with E-state index >= 15 is 0 Å². The Kier molecular flexibility index (Phi) is 3.79. The quantitative estimate of drug-likeness (QED) is 0.853. The third-order valence-electron chi connectivity index (χ3n) is 2.15. The van der Waals surface area contributed by atoms with Crippen LogP contribution in [0.15, 0.2) is 36.4 Å². The van der Waals surface area contributed by atoms with Crippen LogP contribution in [0.2, 0.25) is 10.0 Å². The molecule has 6 heteroatoms. The fraction of sp³-hybridized carbons (Fsp3) is 0. The second-order valence-corrected chi connectivity index (χ2v) is 4.21. The lowest BCUT2D eigenvalue weighted by atomic mass is 10.3. The van der Waals surface area contributed by atoms with Crippen molar-refractivity contribution in [2.24, 2.45) is 0 Å². The molecule has 92 valence electrons. The number of amides is 1. The third-order valence-corrected chi connectivity index (χ3v) is 2.78. The summed E-state index contributed by atoms with van der Waals surface area (Å²) in [6.45, 7) is 0. The van der Waals surface area contributed by atoms with Crippen molar-refractivity contribution in [2.75, 3.05) is 5.32 Å². The second-order valence-electron chi connectivity index (χ2n) is 3.40. The van der Waals surface area contributed by atoms with Crippen molar-refractivity contribution >= 4 is 34.8 Å². The minimum Gasteiger partial charge on any atom is -0.318 e. The number of nitrogens with one attached hydrogen (secondary N) is 1. The van der Waals surface area contributed by atoms with Gasteiger partial charge in [0.2, 0.25) is 5.95 Å². The summed E-state index contributed by atoms with van der Waals surface area (Å²) in [6, 6.07) is 8.76. The maximum Gasteiger partial charge on any atom is 0.274 e. The summed E-state index contributed by atoms with van der Waals surface area (Å²) in [5, 5.41) is 3.09. The molecule has 0 fully saturated rings. The van der Waals surface area contributed by atoms with Gasteiger partial charge >= 0.3 is 0 Å². The molecule has 1 N–H and O–H groups in total. The molecule has 0 spiro atoms. The van der Waals surface area contributed by atoms with Crippen LogP contribution in [-0.4, -0.2) is 10.9 Å². The average molecular weight is 285 g/mol. The minimum atomic E-state index is -0.729. The van der Waals surface area contributed by atoms with Gasteiger partial charge in [0.1, 0.15) is 5.69 Å². The lowest BCUT2D eigenvalue weighted by molar-refractivity contribution is 0.102. The number of rotatable bonds is 2. The summed E-state index contributed by atoms with van der Waals surface area (Å²) in [5.41, 5.74) is 0.225. The van der Waals surface area contributed by atoms with Gasteiger partial charge < -0.3 is 5.32 Å². The van der Waals surface area contributed by atoms with E-state index in [0.29, 0.717) is 10.0 Å². The van der Waals surface area contributed by atoms with Gasteiger partial charge in [-0.2, -0.15) is 4.39 Å². The highest BCUT2D eigenvalue weighted by atomic mass is 35.5. The number of para-hydroxylation sites is 1. The molecule has 2 rings (SSSR count). The van der Waals surface area contributed by atoms with Gasteiger partial charge in [-0.05, 0) is 24.3 Å². The molecule has 0 saturated carbocycles. The highest BCUT2D eigenvalue weighted by molar-refractivity contribution is 6.39. The van der Waals surface area contributed by atoms with Crippen molar-refractivity contribution in [3.8, 4) is 0 Å². The molecule has 0 bridgehead atoms. The van der Waals surface area contributed by atoms with Gasteiger partial charge in [-0.1, -0.05) is 35.3 Å². The molecule has 3 nitrogen and oxygen atoms in total. The van der Waals surface area contributed by atoms with Gasteiger partial charge in [-0.15, -0.1) is 0 Å². The summed E-state index contributed by atoms with van der Waals surface area (Å²) in [6.07, 6.45) is 0. The molecule has 1 aromatic heterocycles. The van der Waals surface area contributed by atoms with Crippen LogP contribution in [0.5, 0.6) is 0 Å². The van der Waals surface area contributed by atoms with Gasteiger partial charge in [0.05, 0.1) is 15.7 Å². The van der Waals surface area contributed by atoms with Gasteiger partial charge in [0.25, 0.3) is 5.91 Å². The fourth-order valence-corrected chi connectivity index (χ4v) is 1.82. The molecule has 0 aliphatic rings. The average Bonchev–Trinajstić information content (AvgIpc) is 2.34. The number of halogens is 3. The van der Waals surface area contributed by atoms with Crippen molar-refractivity contribution in [1.29, 1.82) is 0 Å². The molecule has 2 aromatic rings. The van der Waals surface area contributed by atoms with E-state index in [4.69, 9.17) is 23.2 Å². The summed E-state index contributed by atoms with van der Waals surface area (Å²) in [4.78, 5) is 15.3. The zero-order valence-electron chi connectivity index (χ0n) is 8.95. The van der Waals surface area contributed by atoms with Gasteiger partial charge in [0.15, 0.2) is 0 Å². The van der Waals surface area contributed by atoms with Crippen molar-refractivity contribution in [1.82, 2.24) is 4.98 Å². The van der Waals surface area contributed by atoms with E-state index in [0.717, 1.165) is 6.07 Å². The molecule has 0 radical (unpaired) electrons. The van der Waals surface area contributed by atoms with Crippen LogP contribution in [0.25, 0.3) is 0 Å². The fourth-order valence-electron chi connectivity index (χ4n) is 1.33. The van der Waals surface area contributed by atoms with Crippen LogP contribution in [0.4, 0.5) is 10.1 Å². The number of nitrogens with zero attached hydrogens (tertiary/aromatic N) is 1. The van der Waals surface area contributed by atoms with E-state index in [9.17, 15) is 9.18 Å². The summed E-state index contributed by atoms with van der Waals surface area (Å²) >= 11 is 11.8. The van der Waals surface area contributed by atoms with Crippen molar-refractivity contribution in [3.63, 3.8) is 0 Å². The van der Waals surface area contributed by atoms with Crippen molar-refractivity contribution < 1.29 is 9.18 Å². The Labute approximate surface area is 113 Å². The molecule has 1 heterocycles. The number of hydrogen-bond acceptors (Lipinski definition) is 2. The monoisotopic (exact) mass is 284 g/mol. The summed E-state index contributed by atoms with van der Waals surface area (Å²) in [5.74, 6) is -1.31. The minimum absolute atomic E-state index is 0.0500. The molecular formula is C12H7Cl2FN2O. The topological polar surface area (TPSA) is 42.0 Å². The maximum atomic E-state index is 12.9. The van der Waals surface area contributed by atoms with E-state index in [1.807, 2.05) is 0 Å². The Morgan fingerprint density at radius 3 is 2.33 bits per heavy atom. The molecule has 18 heavy (non-hydrogen) atoms.